The van der Waals surface area contributed by atoms with Gasteiger partial charge in [-0.25, -0.2) is 0 Å². The van der Waals surface area contributed by atoms with Crippen LogP contribution in [0.5, 0.6) is 5.75 Å². The van der Waals surface area contributed by atoms with Gasteiger partial charge in [0.05, 0.1) is 18.1 Å². The van der Waals surface area contributed by atoms with Gasteiger partial charge in [-0.2, -0.15) is 0 Å². The van der Waals surface area contributed by atoms with Crippen LogP contribution in [-0.4, -0.2) is 43.6 Å². The number of ether oxygens (including phenoxy) is 1. The average Bonchev–Trinajstić information content (AvgIpc) is 2.42. The van der Waals surface area contributed by atoms with Crippen molar-refractivity contribution in [2.45, 2.75) is 26.4 Å². The van der Waals surface area contributed by atoms with Gasteiger partial charge in [0, 0.05) is 25.2 Å². The predicted octanol–water partition coefficient (Wildman–Crippen LogP) is 2.28. The number of rotatable bonds is 8. The minimum absolute atomic E-state index is 0.0554. The maximum Gasteiger partial charge on any atom is 0.273 e. The smallest absolute Gasteiger partial charge is 0.273 e. The van der Waals surface area contributed by atoms with Gasteiger partial charge in [0.25, 0.3) is 5.69 Å². The molecule has 0 aliphatic carbocycles. The molecule has 0 amide bonds. The molecule has 1 N–H and O–H groups in total. The van der Waals surface area contributed by atoms with Crippen LogP contribution < -0.4 is 10.1 Å². The van der Waals surface area contributed by atoms with Crippen molar-refractivity contribution in [1.82, 2.24) is 10.2 Å². The SMILES string of the molecule is COc1cc(CNC(CN(C)C)C(C)C)cc([N+](=O)[O-])c1. The number of benzene rings is 1. The minimum atomic E-state index is -0.397. The van der Waals surface area contributed by atoms with Gasteiger partial charge < -0.3 is 15.0 Å². The van der Waals surface area contributed by atoms with E-state index in [1.54, 1.807) is 6.07 Å². The fraction of sp³-hybridized carbons (Fsp3) is 0.600. The topological polar surface area (TPSA) is 67.6 Å². The number of hydrogen-bond donors (Lipinski definition) is 1. The molecule has 1 unspecified atom stereocenters. The van der Waals surface area contributed by atoms with Crippen molar-refractivity contribution >= 4 is 5.69 Å². The van der Waals surface area contributed by atoms with E-state index in [0.717, 1.165) is 12.1 Å². The summed E-state index contributed by atoms with van der Waals surface area (Å²) in [6.07, 6.45) is 0. The Hall–Kier alpha value is -1.66. The number of methoxy groups -OCH3 is 1. The molecule has 0 spiro atoms. The predicted molar refractivity (Wildman–Crippen MR) is 83.7 cm³/mol. The number of hydrogen-bond acceptors (Lipinski definition) is 5. The molecule has 1 aromatic carbocycles. The lowest BCUT2D eigenvalue weighted by Crippen LogP contribution is -2.41. The molecule has 1 aromatic rings. The Balaban J connectivity index is 2.81. The summed E-state index contributed by atoms with van der Waals surface area (Å²) >= 11 is 0. The summed E-state index contributed by atoms with van der Waals surface area (Å²) in [5.41, 5.74) is 0.908. The summed E-state index contributed by atoms with van der Waals surface area (Å²) in [5, 5.41) is 14.4. The molecule has 0 fully saturated rings. The molecule has 1 rings (SSSR count). The van der Waals surface area contributed by atoms with Crippen molar-refractivity contribution in [3.8, 4) is 5.75 Å². The van der Waals surface area contributed by atoms with Crippen LogP contribution in [0.2, 0.25) is 0 Å². The summed E-state index contributed by atoms with van der Waals surface area (Å²) in [5.74, 6) is 0.989. The van der Waals surface area contributed by atoms with Gasteiger partial charge in [-0.3, -0.25) is 10.1 Å². The maximum absolute atomic E-state index is 10.9. The third kappa shape index (κ3) is 5.69. The molecule has 0 aliphatic rings. The van der Waals surface area contributed by atoms with Gasteiger partial charge in [0.2, 0.25) is 0 Å². The second-order valence-corrected chi connectivity index (χ2v) is 5.79. The fourth-order valence-electron chi connectivity index (χ4n) is 2.12. The normalized spacial score (nSPS) is 12.7. The Bertz CT molecular complexity index is 475. The van der Waals surface area contributed by atoms with Crippen molar-refractivity contribution < 1.29 is 9.66 Å². The first-order valence-electron chi connectivity index (χ1n) is 7.04. The van der Waals surface area contributed by atoms with Crippen molar-refractivity contribution in [2.24, 2.45) is 5.92 Å². The zero-order valence-electron chi connectivity index (χ0n) is 13.4. The molecular formula is C15H25N3O3. The van der Waals surface area contributed by atoms with E-state index in [1.807, 2.05) is 20.2 Å². The highest BCUT2D eigenvalue weighted by Gasteiger charge is 2.15. The van der Waals surface area contributed by atoms with E-state index in [9.17, 15) is 10.1 Å². The summed E-state index contributed by atoms with van der Waals surface area (Å²) in [7, 11) is 5.58. The number of nitro groups is 1. The Morgan fingerprint density at radius 2 is 2.00 bits per heavy atom. The lowest BCUT2D eigenvalue weighted by atomic mass is 10.0. The molecule has 21 heavy (non-hydrogen) atoms. The molecule has 0 saturated heterocycles. The summed E-state index contributed by atoms with van der Waals surface area (Å²) < 4.78 is 5.12. The van der Waals surface area contributed by atoms with Crippen LogP contribution in [0.15, 0.2) is 18.2 Å². The Morgan fingerprint density at radius 1 is 1.33 bits per heavy atom. The van der Waals surface area contributed by atoms with Gasteiger partial charge in [0.15, 0.2) is 0 Å². The number of nitrogens with one attached hydrogen (secondary N) is 1. The molecule has 6 heteroatoms. The molecule has 0 radical (unpaired) electrons. The van der Waals surface area contributed by atoms with Crippen LogP contribution in [0.25, 0.3) is 0 Å². The van der Waals surface area contributed by atoms with E-state index < -0.39 is 4.92 Å². The second kappa shape index (κ2) is 7.95. The van der Waals surface area contributed by atoms with Crippen molar-refractivity contribution in [2.75, 3.05) is 27.7 Å². The van der Waals surface area contributed by atoms with E-state index in [4.69, 9.17) is 4.74 Å². The first-order chi connectivity index (χ1) is 9.83. The number of nitrogens with zero attached hydrogens (tertiary/aromatic N) is 2. The quantitative estimate of drug-likeness (QED) is 0.588. The van der Waals surface area contributed by atoms with Crippen LogP contribution in [-0.2, 0) is 6.54 Å². The monoisotopic (exact) mass is 295 g/mol. The fourth-order valence-corrected chi connectivity index (χ4v) is 2.12. The maximum atomic E-state index is 10.9. The van der Waals surface area contributed by atoms with Crippen molar-refractivity contribution in [3.63, 3.8) is 0 Å². The molecular weight excluding hydrogens is 270 g/mol. The number of likely N-dealkylation sites (N-methyl/N-ethyl adjacent to an activating group) is 1. The van der Waals surface area contributed by atoms with Gasteiger partial charge in [-0.15, -0.1) is 0 Å². The summed E-state index contributed by atoms with van der Waals surface area (Å²) in [6, 6.07) is 5.17. The van der Waals surface area contributed by atoms with Crippen molar-refractivity contribution in [3.05, 3.63) is 33.9 Å². The number of nitro benzene ring substituents is 1. The standard InChI is InChI=1S/C15H25N3O3/c1-11(2)15(10-17(3)4)16-9-12-6-13(18(19)20)8-14(7-12)21-5/h6-8,11,15-16H,9-10H2,1-5H3. The van der Waals surface area contributed by atoms with Crippen LogP contribution >= 0.6 is 0 Å². The molecule has 0 bridgehead atoms. The Labute approximate surface area is 126 Å². The van der Waals surface area contributed by atoms with E-state index in [2.05, 4.69) is 24.1 Å². The lowest BCUT2D eigenvalue weighted by Gasteiger charge is -2.25. The van der Waals surface area contributed by atoms with E-state index in [1.165, 1.54) is 13.2 Å². The molecule has 0 aromatic heterocycles. The first-order valence-corrected chi connectivity index (χ1v) is 7.04. The summed E-state index contributed by atoms with van der Waals surface area (Å²) in [4.78, 5) is 12.7. The highest BCUT2D eigenvalue weighted by Crippen LogP contribution is 2.22. The third-order valence-corrected chi connectivity index (χ3v) is 3.33. The second-order valence-electron chi connectivity index (χ2n) is 5.79. The van der Waals surface area contributed by atoms with Crippen LogP contribution in [0.3, 0.4) is 0 Å². The van der Waals surface area contributed by atoms with E-state index >= 15 is 0 Å². The lowest BCUT2D eigenvalue weighted by molar-refractivity contribution is -0.385. The molecule has 0 heterocycles. The van der Waals surface area contributed by atoms with Crippen LogP contribution in [0.4, 0.5) is 5.69 Å². The summed E-state index contributed by atoms with van der Waals surface area (Å²) in [6.45, 7) is 5.82. The van der Waals surface area contributed by atoms with E-state index in [-0.39, 0.29) is 5.69 Å². The molecule has 6 nitrogen and oxygen atoms in total. The van der Waals surface area contributed by atoms with Gasteiger partial charge in [0.1, 0.15) is 5.75 Å². The third-order valence-electron chi connectivity index (χ3n) is 3.33. The highest BCUT2D eigenvalue weighted by molar-refractivity contribution is 5.42. The average molecular weight is 295 g/mol. The van der Waals surface area contributed by atoms with Gasteiger partial charge in [-0.05, 0) is 31.6 Å². The zero-order valence-corrected chi connectivity index (χ0v) is 13.4. The van der Waals surface area contributed by atoms with Gasteiger partial charge >= 0.3 is 0 Å². The number of non-ortho nitro benzene ring substituents is 1. The largest absolute Gasteiger partial charge is 0.496 e. The molecule has 118 valence electrons. The first kappa shape index (κ1) is 17.4. The molecule has 0 aliphatic heterocycles. The van der Waals surface area contributed by atoms with Crippen LogP contribution in [0.1, 0.15) is 19.4 Å². The highest BCUT2D eigenvalue weighted by atomic mass is 16.6. The van der Waals surface area contributed by atoms with Crippen LogP contribution in [0, 0.1) is 16.0 Å². The molecule has 1 atom stereocenters. The van der Waals surface area contributed by atoms with E-state index in [0.29, 0.717) is 24.3 Å². The minimum Gasteiger partial charge on any atom is -0.496 e. The zero-order chi connectivity index (χ0) is 16.0. The van der Waals surface area contributed by atoms with Gasteiger partial charge in [-0.1, -0.05) is 13.8 Å². The molecule has 0 saturated carbocycles. The van der Waals surface area contributed by atoms with Crippen molar-refractivity contribution in [1.29, 1.82) is 0 Å². The Kier molecular flexibility index (Phi) is 6.58. The Morgan fingerprint density at radius 3 is 2.48 bits per heavy atom.